The lowest BCUT2D eigenvalue weighted by atomic mass is 10.0. The molecule has 3 aromatic rings. The second-order valence-corrected chi connectivity index (χ2v) is 9.41. The molecule has 1 heterocycles. The molecule has 7 nitrogen and oxygen atoms in total. The molecule has 0 atom stereocenters. The Bertz CT molecular complexity index is 1370. The van der Waals surface area contributed by atoms with Gasteiger partial charge >= 0.3 is 6.03 Å². The van der Waals surface area contributed by atoms with Crippen molar-refractivity contribution in [2.75, 3.05) is 18.6 Å². The first-order chi connectivity index (χ1) is 17.3. The Morgan fingerprint density at radius 1 is 1.06 bits per heavy atom. The van der Waals surface area contributed by atoms with Gasteiger partial charge in [0, 0.05) is 20.6 Å². The quantitative estimate of drug-likeness (QED) is 0.212. The van der Waals surface area contributed by atoms with Gasteiger partial charge in [-0.25, -0.2) is 9.69 Å². The summed E-state index contributed by atoms with van der Waals surface area (Å²) in [6.07, 6.45) is 2.01. The number of ether oxygens (including phenoxy) is 2. The topological polar surface area (TPSA) is 84.9 Å². The molecule has 0 aromatic heterocycles. The first-order valence-corrected chi connectivity index (χ1v) is 12.5. The van der Waals surface area contributed by atoms with E-state index >= 15 is 0 Å². The van der Waals surface area contributed by atoms with E-state index in [-0.39, 0.29) is 5.57 Å². The van der Waals surface area contributed by atoms with Gasteiger partial charge < -0.3 is 9.47 Å². The van der Waals surface area contributed by atoms with Crippen LogP contribution in [0.25, 0.3) is 6.08 Å². The number of carbonyl (C=O) groups is 3. The summed E-state index contributed by atoms with van der Waals surface area (Å²) in [7, 11) is 1.56. The van der Waals surface area contributed by atoms with Gasteiger partial charge in [-0.1, -0.05) is 29.8 Å². The molecular weight excluding hydrogens is 595 g/mol. The van der Waals surface area contributed by atoms with Crippen LogP contribution in [-0.4, -0.2) is 31.6 Å². The predicted octanol–water partition coefficient (Wildman–Crippen LogP) is 5.61. The summed E-state index contributed by atoms with van der Waals surface area (Å²) in [6.45, 7) is 2.35. The summed E-state index contributed by atoms with van der Waals surface area (Å²) in [5.41, 5.74) is 2.62. The molecule has 0 aliphatic carbocycles. The van der Waals surface area contributed by atoms with Gasteiger partial charge in [-0.15, -0.1) is 0 Å². The number of methoxy groups -OCH3 is 1. The molecule has 1 N–H and O–H groups in total. The van der Waals surface area contributed by atoms with E-state index < -0.39 is 17.8 Å². The second-order valence-electron chi connectivity index (χ2n) is 7.84. The van der Waals surface area contributed by atoms with Crippen molar-refractivity contribution < 1.29 is 23.9 Å². The summed E-state index contributed by atoms with van der Waals surface area (Å²) >= 11 is 8.53. The number of barbiturate groups is 1. The van der Waals surface area contributed by atoms with Crippen LogP contribution in [-0.2, 0) is 16.0 Å². The molecule has 3 aromatic carbocycles. The molecule has 0 bridgehead atoms. The first-order valence-electron chi connectivity index (χ1n) is 11.1. The molecule has 9 heteroatoms. The predicted molar refractivity (Wildman–Crippen MR) is 147 cm³/mol. The zero-order valence-corrected chi connectivity index (χ0v) is 22.4. The monoisotopic (exact) mass is 616 g/mol. The van der Waals surface area contributed by atoms with Crippen molar-refractivity contribution in [3.63, 3.8) is 0 Å². The van der Waals surface area contributed by atoms with Gasteiger partial charge in [0.05, 0.1) is 19.4 Å². The maximum atomic E-state index is 13.2. The maximum absolute atomic E-state index is 13.2. The van der Waals surface area contributed by atoms with Gasteiger partial charge in [0.25, 0.3) is 11.8 Å². The average molecular weight is 617 g/mol. The van der Waals surface area contributed by atoms with Crippen molar-refractivity contribution in [1.29, 1.82) is 0 Å². The fraction of sp³-hybridized carbons (Fsp3) is 0.148. The molecule has 1 fully saturated rings. The minimum atomic E-state index is -0.812. The number of hydrogen-bond donors (Lipinski definition) is 1. The Kier molecular flexibility index (Phi) is 7.95. The molecule has 0 spiro atoms. The van der Waals surface area contributed by atoms with Crippen LogP contribution < -0.4 is 19.7 Å². The van der Waals surface area contributed by atoms with Gasteiger partial charge in [0.1, 0.15) is 17.1 Å². The number of nitrogens with zero attached hydrogens (tertiary/aromatic N) is 1. The average Bonchev–Trinajstić information content (AvgIpc) is 2.85. The number of anilines is 1. The van der Waals surface area contributed by atoms with Crippen LogP contribution in [0.5, 0.6) is 11.5 Å². The van der Waals surface area contributed by atoms with E-state index in [2.05, 4.69) is 27.9 Å². The first kappa shape index (κ1) is 25.7. The van der Waals surface area contributed by atoms with Crippen molar-refractivity contribution in [3.05, 3.63) is 91.5 Å². The Balaban J connectivity index is 1.67. The summed E-state index contributed by atoms with van der Waals surface area (Å²) in [4.78, 5) is 39.3. The minimum absolute atomic E-state index is 0.166. The van der Waals surface area contributed by atoms with Crippen molar-refractivity contribution in [1.82, 2.24) is 5.32 Å². The van der Waals surface area contributed by atoms with Gasteiger partial charge in [0.15, 0.2) is 0 Å². The standard InChI is InChI=1S/C27H22ClIN2O5/c1-3-36-19-10-8-18(9-11-19)31-26(33)21(25(32)30-27(31)34)12-16-13-23(29)20(24(14-16)35-2)15-17-6-4-5-7-22(17)28/h4-14H,3,15H2,1-2H3,(H,30,32,34)/b21-12+. The highest BCUT2D eigenvalue weighted by molar-refractivity contribution is 14.1. The van der Waals surface area contributed by atoms with Gasteiger partial charge in [-0.05, 0) is 89.2 Å². The number of urea groups is 1. The van der Waals surface area contributed by atoms with Crippen molar-refractivity contribution in [2.45, 2.75) is 13.3 Å². The maximum Gasteiger partial charge on any atom is 0.335 e. The van der Waals surface area contributed by atoms with E-state index in [0.29, 0.717) is 40.8 Å². The van der Waals surface area contributed by atoms with E-state index in [9.17, 15) is 14.4 Å². The molecule has 0 unspecified atom stereocenters. The summed E-state index contributed by atoms with van der Waals surface area (Å²) < 4.78 is 11.9. The molecule has 0 saturated carbocycles. The van der Waals surface area contributed by atoms with E-state index in [0.717, 1.165) is 19.6 Å². The molecule has 1 aliphatic heterocycles. The highest BCUT2D eigenvalue weighted by atomic mass is 127. The number of halogens is 2. The van der Waals surface area contributed by atoms with Crippen LogP contribution in [0.15, 0.2) is 66.2 Å². The van der Waals surface area contributed by atoms with Crippen LogP contribution in [0.3, 0.4) is 0 Å². The summed E-state index contributed by atoms with van der Waals surface area (Å²) in [5.74, 6) is -0.281. The summed E-state index contributed by atoms with van der Waals surface area (Å²) in [5, 5.41) is 2.90. The number of nitrogens with one attached hydrogen (secondary N) is 1. The highest BCUT2D eigenvalue weighted by Crippen LogP contribution is 2.32. The minimum Gasteiger partial charge on any atom is -0.496 e. The number of rotatable bonds is 7. The smallest absolute Gasteiger partial charge is 0.335 e. The zero-order valence-electron chi connectivity index (χ0n) is 19.5. The van der Waals surface area contributed by atoms with Crippen LogP contribution in [0, 0.1) is 3.57 Å². The van der Waals surface area contributed by atoms with Crippen LogP contribution >= 0.6 is 34.2 Å². The molecular formula is C27H22ClIN2O5. The summed E-state index contributed by atoms with van der Waals surface area (Å²) in [6, 6.07) is 16.9. The fourth-order valence-electron chi connectivity index (χ4n) is 3.82. The zero-order chi connectivity index (χ0) is 25.8. The number of carbonyl (C=O) groups excluding carboxylic acids is 3. The van der Waals surface area contributed by atoms with E-state index in [1.54, 1.807) is 37.4 Å². The van der Waals surface area contributed by atoms with Crippen molar-refractivity contribution in [2.24, 2.45) is 0 Å². The van der Waals surface area contributed by atoms with Crippen LogP contribution in [0.4, 0.5) is 10.5 Å². The lowest BCUT2D eigenvalue weighted by Crippen LogP contribution is -2.54. The Labute approximate surface area is 227 Å². The molecule has 184 valence electrons. The normalized spacial score (nSPS) is 14.7. The molecule has 1 aliphatic rings. The van der Waals surface area contributed by atoms with Gasteiger partial charge in [-0.3, -0.25) is 14.9 Å². The largest absolute Gasteiger partial charge is 0.496 e. The number of benzene rings is 3. The Hall–Kier alpha value is -3.37. The van der Waals surface area contributed by atoms with E-state index in [1.807, 2.05) is 37.3 Å². The highest BCUT2D eigenvalue weighted by Gasteiger charge is 2.36. The molecule has 36 heavy (non-hydrogen) atoms. The molecule has 4 rings (SSSR count). The third kappa shape index (κ3) is 5.39. The van der Waals surface area contributed by atoms with Crippen molar-refractivity contribution >= 4 is 63.8 Å². The molecule has 0 radical (unpaired) electrons. The number of hydrogen-bond acceptors (Lipinski definition) is 5. The second kappa shape index (κ2) is 11.1. The fourth-order valence-corrected chi connectivity index (χ4v) is 4.84. The number of amides is 4. The van der Waals surface area contributed by atoms with Gasteiger partial charge in [0.2, 0.25) is 0 Å². The molecule has 1 saturated heterocycles. The van der Waals surface area contributed by atoms with Crippen LogP contribution in [0.1, 0.15) is 23.6 Å². The third-order valence-corrected chi connectivity index (χ3v) is 6.87. The van der Waals surface area contributed by atoms with Crippen molar-refractivity contribution in [3.8, 4) is 11.5 Å². The van der Waals surface area contributed by atoms with E-state index in [4.69, 9.17) is 21.1 Å². The Morgan fingerprint density at radius 2 is 1.78 bits per heavy atom. The van der Waals surface area contributed by atoms with Crippen LogP contribution in [0.2, 0.25) is 5.02 Å². The van der Waals surface area contributed by atoms with E-state index in [1.165, 1.54) is 6.08 Å². The van der Waals surface area contributed by atoms with Gasteiger partial charge in [-0.2, -0.15) is 0 Å². The third-order valence-electron chi connectivity index (χ3n) is 5.54. The SMILES string of the molecule is CCOc1ccc(N2C(=O)NC(=O)/C(=C\c3cc(I)c(Cc4ccccc4Cl)c(OC)c3)C2=O)cc1. The lowest BCUT2D eigenvalue weighted by Gasteiger charge is -2.26. The molecule has 4 amide bonds. The Morgan fingerprint density at radius 3 is 2.44 bits per heavy atom. The number of imide groups is 2. The lowest BCUT2D eigenvalue weighted by molar-refractivity contribution is -0.122.